The van der Waals surface area contributed by atoms with E-state index in [2.05, 4.69) is 5.43 Å². The van der Waals surface area contributed by atoms with Crippen LogP contribution in [0.1, 0.15) is 10.4 Å². The molecule has 0 unspecified atom stereocenters. The first kappa shape index (κ1) is 12.9. The minimum absolute atomic E-state index is 0.0306. The Bertz CT molecular complexity index is 438. The smallest absolute Gasteiger partial charge is 0.269 e. The molecule has 0 aliphatic rings. The molecule has 1 aromatic rings. The zero-order valence-electron chi connectivity index (χ0n) is 9.58. The SMILES string of the molecule is CN(C)N/C=C\C(=O)c1ccc([N+](=O)[O-])cc1. The first-order valence-electron chi connectivity index (χ1n) is 4.89. The summed E-state index contributed by atoms with van der Waals surface area (Å²) in [6.07, 6.45) is 2.87. The van der Waals surface area contributed by atoms with Crippen LogP contribution in [0.3, 0.4) is 0 Å². The van der Waals surface area contributed by atoms with E-state index in [1.165, 1.54) is 36.5 Å². The maximum Gasteiger partial charge on any atom is 0.269 e. The van der Waals surface area contributed by atoms with E-state index in [4.69, 9.17) is 0 Å². The number of hydrazine groups is 1. The summed E-state index contributed by atoms with van der Waals surface area (Å²) < 4.78 is 0. The zero-order chi connectivity index (χ0) is 12.8. The quantitative estimate of drug-likeness (QED) is 0.361. The first-order valence-corrected chi connectivity index (χ1v) is 4.89. The topological polar surface area (TPSA) is 75.5 Å². The van der Waals surface area contributed by atoms with Crippen molar-refractivity contribution >= 4 is 11.5 Å². The lowest BCUT2D eigenvalue weighted by Crippen LogP contribution is -2.24. The number of nitrogens with zero attached hydrogens (tertiary/aromatic N) is 2. The molecule has 6 heteroatoms. The van der Waals surface area contributed by atoms with Crippen LogP contribution in [0, 0.1) is 10.1 Å². The Morgan fingerprint density at radius 1 is 1.35 bits per heavy atom. The highest BCUT2D eigenvalue weighted by atomic mass is 16.6. The number of hydrogen-bond acceptors (Lipinski definition) is 5. The number of nitro groups is 1. The van der Waals surface area contributed by atoms with Gasteiger partial charge in [0.1, 0.15) is 0 Å². The normalized spacial score (nSPS) is 10.8. The lowest BCUT2D eigenvalue weighted by Gasteiger charge is -2.07. The Balaban J connectivity index is 2.70. The highest BCUT2D eigenvalue weighted by Gasteiger charge is 2.06. The van der Waals surface area contributed by atoms with Crippen LogP contribution >= 0.6 is 0 Å². The van der Waals surface area contributed by atoms with Gasteiger partial charge in [0.2, 0.25) is 0 Å². The van der Waals surface area contributed by atoms with Crippen LogP contribution in [-0.4, -0.2) is 29.8 Å². The molecule has 0 aromatic heterocycles. The van der Waals surface area contributed by atoms with Gasteiger partial charge >= 0.3 is 0 Å². The number of benzene rings is 1. The van der Waals surface area contributed by atoms with Gasteiger partial charge in [-0.1, -0.05) is 0 Å². The molecule has 17 heavy (non-hydrogen) atoms. The van der Waals surface area contributed by atoms with Crippen LogP contribution in [0.15, 0.2) is 36.5 Å². The Kier molecular flexibility index (Phi) is 4.36. The third-order valence-corrected chi connectivity index (χ3v) is 1.93. The number of hydrogen-bond donors (Lipinski definition) is 1. The monoisotopic (exact) mass is 235 g/mol. The second-order valence-electron chi connectivity index (χ2n) is 3.53. The fourth-order valence-electron chi connectivity index (χ4n) is 1.11. The predicted octanol–water partition coefficient (Wildman–Crippen LogP) is 1.36. The lowest BCUT2D eigenvalue weighted by atomic mass is 10.1. The van der Waals surface area contributed by atoms with Crippen molar-refractivity contribution < 1.29 is 9.72 Å². The van der Waals surface area contributed by atoms with Gasteiger partial charge in [-0.05, 0) is 12.1 Å². The van der Waals surface area contributed by atoms with E-state index in [1.807, 2.05) is 0 Å². The Labute approximate surface area is 98.7 Å². The van der Waals surface area contributed by atoms with E-state index in [9.17, 15) is 14.9 Å². The van der Waals surface area contributed by atoms with Crippen LogP contribution in [0.4, 0.5) is 5.69 Å². The Morgan fingerprint density at radius 2 is 1.94 bits per heavy atom. The molecule has 0 saturated carbocycles. The van der Waals surface area contributed by atoms with Crippen LogP contribution in [0.2, 0.25) is 0 Å². The molecule has 0 saturated heterocycles. The molecular formula is C11H13N3O3. The predicted molar refractivity (Wildman–Crippen MR) is 63.4 cm³/mol. The molecule has 0 fully saturated rings. The number of nitrogens with one attached hydrogen (secondary N) is 1. The van der Waals surface area contributed by atoms with E-state index in [0.29, 0.717) is 5.56 Å². The van der Waals surface area contributed by atoms with E-state index >= 15 is 0 Å². The molecule has 6 nitrogen and oxygen atoms in total. The van der Waals surface area contributed by atoms with Crippen LogP contribution < -0.4 is 5.43 Å². The fourth-order valence-corrected chi connectivity index (χ4v) is 1.11. The Hall–Kier alpha value is -2.21. The van der Waals surface area contributed by atoms with E-state index < -0.39 is 4.92 Å². The van der Waals surface area contributed by atoms with Gasteiger partial charge in [0.05, 0.1) is 4.92 Å². The maximum atomic E-state index is 11.6. The molecule has 0 amide bonds. The van der Waals surface area contributed by atoms with Gasteiger partial charge < -0.3 is 5.43 Å². The molecule has 0 aliphatic heterocycles. The summed E-state index contributed by atoms with van der Waals surface area (Å²) in [6, 6.07) is 5.47. The van der Waals surface area contributed by atoms with Gasteiger partial charge in [0.15, 0.2) is 5.78 Å². The molecule has 90 valence electrons. The molecule has 0 atom stereocenters. The molecular weight excluding hydrogens is 222 g/mol. The van der Waals surface area contributed by atoms with E-state index in [0.717, 1.165) is 0 Å². The number of non-ortho nitro benzene ring substituents is 1. The standard InChI is InChI=1S/C11H13N3O3/c1-13(2)12-8-7-11(15)9-3-5-10(6-4-9)14(16)17/h3-8,12H,1-2H3/b8-7-. The van der Waals surface area contributed by atoms with Crippen molar-refractivity contribution in [1.82, 2.24) is 10.4 Å². The highest BCUT2D eigenvalue weighted by molar-refractivity contribution is 6.04. The average Bonchev–Trinajstić information content (AvgIpc) is 2.28. The molecule has 1 aromatic carbocycles. The summed E-state index contributed by atoms with van der Waals surface area (Å²) in [5, 5.41) is 12.1. The average molecular weight is 235 g/mol. The molecule has 0 radical (unpaired) electrons. The molecule has 0 aliphatic carbocycles. The zero-order valence-corrected chi connectivity index (χ0v) is 9.58. The Morgan fingerprint density at radius 3 is 2.41 bits per heavy atom. The van der Waals surface area contributed by atoms with Crippen molar-refractivity contribution in [1.29, 1.82) is 0 Å². The highest BCUT2D eigenvalue weighted by Crippen LogP contribution is 2.12. The third-order valence-electron chi connectivity index (χ3n) is 1.93. The number of carbonyl (C=O) groups excluding carboxylic acids is 1. The van der Waals surface area contributed by atoms with E-state index in [-0.39, 0.29) is 11.5 Å². The third kappa shape index (κ3) is 4.04. The summed E-state index contributed by atoms with van der Waals surface area (Å²) in [5.41, 5.74) is 3.18. The van der Waals surface area contributed by atoms with Crippen molar-refractivity contribution in [3.8, 4) is 0 Å². The molecule has 1 rings (SSSR count). The minimum Gasteiger partial charge on any atom is -0.327 e. The van der Waals surface area contributed by atoms with E-state index in [1.54, 1.807) is 19.1 Å². The van der Waals surface area contributed by atoms with Gasteiger partial charge in [0, 0.05) is 44.1 Å². The molecule has 1 N–H and O–H groups in total. The van der Waals surface area contributed by atoms with Crippen molar-refractivity contribution in [3.05, 3.63) is 52.2 Å². The summed E-state index contributed by atoms with van der Waals surface area (Å²) in [5.74, 6) is -0.214. The summed E-state index contributed by atoms with van der Waals surface area (Å²) in [4.78, 5) is 21.5. The number of ketones is 1. The van der Waals surface area contributed by atoms with Gasteiger partial charge in [-0.25, -0.2) is 5.01 Å². The van der Waals surface area contributed by atoms with Crippen LogP contribution in [0.25, 0.3) is 0 Å². The number of carbonyl (C=O) groups is 1. The van der Waals surface area contributed by atoms with Gasteiger partial charge in [-0.15, -0.1) is 0 Å². The summed E-state index contributed by atoms with van der Waals surface area (Å²) in [6.45, 7) is 0. The van der Waals surface area contributed by atoms with Crippen molar-refractivity contribution in [2.24, 2.45) is 0 Å². The number of nitro benzene ring substituents is 1. The first-order chi connectivity index (χ1) is 8.00. The molecule has 0 spiro atoms. The second-order valence-corrected chi connectivity index (χ2v) is 3.53. The maximum absolute atomic E-state index is 11.6. The van der Waals surface area contributed by atoms with Gasteiger partial charge in [-0.3, -0.25) is 14.9 Å². The number of allylic oxidation sites excluding steroid dienone is 1. The largest absolute Gasteiger partial charge is 0.327 e. The van der Waals surface area contributed by atoms with Crippen molar-refractivity contribution in [2.45, 2.75) is 0 Å². The summed E-state index contributed by atoms with van der Waals surface area (Å²) in [7, 11) is 3.58. The van der Waals surface area contributed by atoms with Crippen LogP contribution in [-0.2, 0) is 0 Å². The van der Waals surface area contributed by atoms with Crippen molar-refractivity contribution in [3.63, 3.8) is 0 Å². The second kappa shape index (κ2) is 5.76. The lowest BCUT2D eigenvalue weighted by molar-refractivity contribution is -0.384. The molecule has 0 bridgehead atoms. The van der Waals surface area contributed by atoms with Gasteiger partial charge in [0.25, 0.3) is 5.69 Å². The van der Waals surface area contributed by atoms with Crippen LogP contribution in [0.5, 0.6) is 0 Å². The summed E-state index contributed by atoms with van der Waals surface area (Å²) >= 11 is 0. The minimum atomic E-state index is -0.502. The fraction of sp³-hybridized carbons (Fsp3) is 0.182. The number of rotatable bonds is 5. The molecule has 0 heterocycles. The van der Waals surface area contributed by atoms with Crippen molar-refractivity contribution in [2.75, 3.05) is 14.1 Å². The van der Waals surface area contributed by atoms with Gasteiger partial charge in [-0.2, -0.15) is 0 Å².